The smallest absolute Gasteiger partial charge is 0.0676 e. The fourth-order valence-corrected chi connectivity index (χ4v) is 2.70. The van der Waals surface area contributed by atoms with E-state index in [0.717, 1.165) is 24.7 Å². The lowest BCUT2D eigenvalue weighted by Crippen LogP contribution is -2.33. The predicted octanol–water partition coefficient (Wildman–Crippen LogP) is 1.63. The Hall–Kier alpha value is -0.930. The summed E-state index contributed by atoms with van der Waals surface area (Å²) >= 11 is 0. The first-order valence-corrected chi connectivity index (χ1v) is 6.19. The van der Waals surface area contributed by atoms with Gasteiger partial charge in [-0.05, 0) is 37.8 Å². The molecule has 0 amide bonds. The molecule has 1 saturated carbocycles. The topological polar surface area (TPSA) is 42.1 Å². The molecule has 1 saturated heterocycles. The SMILES string of the molecule is Cc1ccc(C2C(N)CCN2C2CC2)nc1. The van der Waals surface area contributed by atoms with E-state index >= 15 is 0 Å². The third kappa shape index (κ3) is 1.74. The van der Waals surface area contributed by atoms with Crippen molar-refractivity contribution in [2.45, 2.75) is 44.3 Å². The van der Waals surface area contributed by atoms with Crippen molar-refractivity contribution in [1.82, 2.24) is 9.88 Å². The Kier molecular flexibility index (Phi) is 2.45. The Bertz CT molecular complexity index is 369. The maximum absolute atomic E-state index is 6.22. The minimum absolute atomic E-state index is 0.260. The van der Waals surface area contributed by atoms with Crippen LogP contribution in [-0.2, 0) is 0 Å². The molecular weight excluding hydrogens is 198 g/mol. The zero-order valence-electron chi connectivity index (χ0n) is 9.76. The van der Waals surface area contributed by atoms with Gasteiger partial charge in [-0.15, -0.1) is 0 Å². The molecular formula is C13H19N3. The van der Waals surface area contributed by atoms with Crippen molar-refractivity contribution >= 4 is 0 Å². The van der Waals surface area contributed by atoms with Crippen LogP contribution in [0, 0.1) is 6.92 Å². The summed E-state index contributed by atoms with van der Waals surface area (Å²) in [5, 5.41) is 0. The lowest BCUT2D eigenvalue weighted by atomic mass is 10.1. The average molecular weight is 217 g/mol. The molecule has 2 aliphatic rings. The van der Waals surface area contributed by atoms with Crippen molar-refractivity contribution in [2.75, 3.05) is 6.54 Å². The van der Waals surface area contributed by atoms with Gasteiger partial charge in [0.1, 0.15) is 0 Å². The third-order valence-corrected chi connectivity index (χ3v) is 3.74. The average Bonchev–Trinajstić information content (AvgIpc) is 3.05. The van der Waals surface area contributed by atoms with Gasteiger partial charge in [-0.1, -0.05) is 6.07 Å². The number of pyridine rings is 1. The molecule has 3 heteroatoms. The largest absolute Gasteiger partial charge is 0.326 e. The number of nitrogens with zero attached hydrogens (tertiary/aromatic N) is 2. The minimum atomic E-state index is 0.260. The first-order chi connectivity index (χ1) is 7.75. The van der Waals surface area contributed by atoms with Gasteiger partial charge in [0.15, 0.2) is 0 Å². The highest BCUT2D eigenvalue weighted by molar-refractivity contribution is 5.19. The van der Waals surface area contributed by atoms with Gasteiger partial charge >= 0.3 is 0 Å². The van der Waals surface area contributed by atoms with Crippen LogP contribution < -0.4 is 5.73 Å². The molecule has 2 unspecified atom stereocenters. The van der Waals surface area contributed by atoms with E-state index in [1.54, 1.807) is 0 Å². The number of aromatic nitrogens is 1. The summed E-state index contributed by atoms with van der Waals surface area (Å²) < 4.78 is 0. The Morgan fingerprint density at radius 3 is 2.75 bits per heavy atom. The summed E-state index contributed by atoms with van der Waals surface area (Å²) in [6.07, 6.45) is 5.74. The van der Waals surface area contributed by atoms with Crippen LogP contribution in [0.1, 0.15) is 36.6 Å². The first kappa shape index (κ1) is 10.2. The zero-order valence-corrected chi connectivity index (χ0v) is 9.76. The van der Waals surface area contributed by atoms with Crippen LogP contribution in [0.25, 0.3) is 0 Å². The van der Waals surface area contributed by atoms with E-state index in [4.69, 9.17) is 5.73 Å². The van der Waals surface area contributed by atoms with Crippen LogP contribution in [0.3, 0.4) is 0 Å². The molecule has 0 bridgehead atoms. The fraction of sp³-hybridized carbons (Fsp3) is 0.615. The number of nitrogens with two attached hydrogens (primary N) is 1. The van der Waals surface area contributed by atoms with E-state index < -0.39 is 0 Å². The van der Waals surface area contributed by atoms with E-state index in [1.165, 1.54) is 18.4 Å². The molecule has 2 atom stereocenters. The van der Waals surface area contributed by atoms with Gasteiger partial charge in [-0.2, -0.15) is 0 Å². The summed E-state index contributed by atoms with van der Waals surface area (Å²) in [6.45, 7) is 3.22. The van der Waals surface area contributed by atoms with Crippen LogP contribution in [0.4, 0.5) is 0 Å². The molecule has 2 heterocycles. The second-order valence-corrected chi connectivity index (χ2v) is 5.13. The highest BCUT2D eigenvalue weighted by Crippen LogP contribution is 2.39. The Morgan fingerprint density at radius 1 is 1.31 bits per heavy atom. The van der Waals surface area contributed by atoms with E-state index in [0.29, 0.717) is 6.04 Å². The molecule has 3 nitrogen and oxygen atoms in total. The molecule has 1 aromatic heterocycles. The molecule has 3 rings (SSSR count). The second kappa shape index (κ2) is 3.82. The summed E-state index contributed by atoms with van der Waals surface area (Å²) in [5.74, 6) is 0. The first-order valence-electron chi connectivity index (χ1n) is 6.19. The van der Waals surface area contributed by atoms with Gasteiger partial charge in [0.25, 0.3) is 0 Å². The number of rotatable bonds is 2. The van der Waals surface area contributed by atoms with Gasteiger partial charge in [0, 0.05) is 24.8 Å². The van der Waals surface area contributed by atoms with Crippen LogP contribution >= 0.6 is 0 Å². The maximum atomic E-state index is 6.22. The predicted molar refractivity (Wildman–Crippen MR) is 64.0 cm³/mol. The van der Waals surface area contributed by atoms with E-state index in [9.17, 15) is 0 Å². The third-order valence-electron chi connectivity index (χ3n) is 3.74. The Balaban J connectivity index is 1.87. The quantitative estimate of drug-likeness (QED) is 0.818. The number of aryl methyl sites for hydroxylation is 1. The summed E-state index contributed by atoms with van der Waals surface area (Å²) in [4.78, 5) is 7.11. The minimum Gasteiger partial charge on any atom is -0.326 e. The number of likely N-dealkylation sites (tertiary alicyclic amines) is 1. The van der Waals surface area contributed by atoms with Crippen molar-refractivity contribution in [3.63, 3.8) is 0 Å². The van der Waals surface area contributed by atoms with Gasteiger partial charge < -0.3 is 5.73 Å². The maximum Gasteiger partial charge on any atom is 0.0676 e. The van der Waals surface area contributed by atoms with Crippen LogP contribution in [-0.4, -0.2) is 28.5 Å². The van der Waals surface area contributed by atoms with Gasteiger partial charge in [0.05, 0.1) is 11.7 Å². The molecule has 86 valence electrons. The molecule has 2 N–H and O–H groups in total. The van der Waals surface area contributed by atoms with Gasteiger partial charge in [-0.3, -0.25) is 9.88 Å². The highest BCUT2D eigenvalue weighted by Gasteiger charge is 2.41. The van der Waals surface area contributed by atoms with Gasteiger partial charge in [0.2, 0.25) is 0 Å². The molecule has 16 heavy (non-hydrogen) atoms. The van der Waals surface area contributed by atoms with E-state index in [-0.39, 0.29) is 6.04 Å². The van der Waals surface area contributed by atoms with Crippen molar-refractivity contribution in [1.29, 1.82) is 0 Å². The second-order valence-electron chi connectivity index (χ2n) is 5.13. The van der Waals surface area contributed by atoms with E-state index in [1.807, 2.05) is 6.20 Å². The zero-order chi connectivity index (χ0) is 11.1. The number of hydrogen-bond acceptors (Lipinski definition) is 3. The molecule has 2 fully saturated rings. The van der Waals surface area contributed by atoms with E-state index in [2.05, 4.69) is 28.9 Å². The molecule has 1 aliphatic heterocycles. The van der Waals surface area contributed by atoms with Crippen LogP contribution in [0.2, 0.25) is 0 Å². The van der Waals surface area contributed by atoms with Crippen molar-refractivity contribution in [3.8, 4) is 0 Å². The molecule has 1 aliphatic carbocycles. The molecule has 1 aromatic rings. The fourth-order valence-electron chi connectivity index (χ4n) is 2.70. The summed E-state index contributed by atoms with van der Waals surface area (Å²) in [6, 6.07) is 5.67. The Morgan fingerprint density at radius 2 is 2.12 bits per heavy atom. The van der Waals surface area contributed by atoms with Crippen LogP contribution in [0.5, 0.6) is 0 Å². The normalized spacial score (nSPS) is 30.9. The molecule has 0 spiro atoms. The van der Waals surface area contributed by atoms with Gasteiger partial charge in [-0.25, -0.2) is 0 Å². The molecule has 0 radical (unpaired) electrons. The summed E-state index contributed by atoms with van der Waals surface area (Å²) in [5.41, 5.74) is 8.59. The molecule has 0 aromatic carbocycles. The van der Waals surface area contributed by atoms with Crippen LogP contribution in [0.15, 0.2) is 18.3 Å². The standard InChI is InChI=1S/C13H19N3/c1-9-2-5-12(15-8-9)13-11(14)6-7-16(13)10-3-4-10/h2,5,8,10-11,13H,3-4,6-7,14H2,1H3. The lowest BCUT2D eigenvalue weighted by molar-refractivity contribution is 0.233. The van der Waals surface area contributed by atoms with Crippen molar-refractivity contribution in [3.05, 3.63) is 29.6 Å². The highest BCUT2D eigenvalue weighted by atomic mass is 15.3. The van der Waals surface area contributed by atoms with Crippen molar-refractivity contribution in [2.24, 2.45) is 5.73 Å². The summed E-state index contributed by atoms with van der Waals surface area (Å²) in [7, 11) is 0. The Labute approximate surface area is 96.7 Å². The number of hydrogen-bond donors (Lipinski definition) is 1. The monoisotopic (exact) mass is 217 g/mol. The van der Waals surface area contributed by atoms with Crippen molar-refractivity contribution < 1.29 is 0 Å². The lowest BCUT2D eigenvalue weighted by Gasteiger charge is -2.26.